The van der Waals surface area contributed by atoms with Crippen molar-refractivity contribution in [2.45, 2.75) is 26.5 Å². The SMILES string of the molecule is CN=C(NCc1ncccc1C)NCC(C)Oc1cccc(F)c1. The third-order valence-electron chi connectivity index (χ3n) is 3.46. The van der Waals surface area contributed by atoms with Gasteiger partial charge in [-0.2, -0.15) is 0 Å². The van der Waals surface area contributed by atoms with Crippen LogP contribution in [0.2, 0.25) is 0 Å². The smallest absolute Gasteiger partial charge is 0.191 e. The Balaban J connectivity index is 1.79. The van der Waals surface area contributed by atoms with E-state index in [-0.39, 0.29) is 11.9 Å². The number of halogens is 1. The topological polar surface area (TPSA) is 58.5 Å². The van der Waals surface area contributed by atoms with E-state index in [9.17, 15) is 4.39 Å². The molecule has 0 saturated carbocycles. The Morgan fingerprint density at radius 3 is 2.83 bits per heavy atom. The molecule has 0 aliphatic carbocycles. The molecule has 1 atom stereocenters. The highest BCUT2D eigenvalue weighted by atomic mass is 19.1. The average molecular weight is 330 g/mol. The number of aryl methyl sites for hydroxylation is 1. The number of guanidine groups is 1. The fraction of sp³-hybridized carbons (Fsp3) is 0.333. The van der Waals surface area contributed by atoms with Crippen LogP contribution >= 0.6 is 0 Å². The van der Waals surface area contributed by atoms with E-state index in [1.165, 1.54) is 12.1 Å². The lowest BCUT2D eigenvalue weighted by atomic mass is 10.2. The minimum atomic E-state index is -0.309. The number of pyridine rings is 1. The number of nitrogens with one attached hydrogen (secondary N) is 2. The molecule has 2 N–H and O–H groups in total. The highest BCUT2D eigenvalue weighted by Crippen LogP contribution is 2.13. The number of ether oxygens (including phenoxy) is 1. The van der Waals surface area contributed by atoms with Gasteiger partial charge in [-0.25, -0.2) is 4.39 Å². The van der Waals surface area contributed by atoms with E-state index in [0.717, 1.165) is 11.3 Å². The van der Waals surface area contributed by atoms with E-state index in [4.69, 9.17) is 4.74 Å². The molecule has 1 unspecified atom stereocenters. The molecule has 128 valence electrons. The number of aromatic nitrogens is 1. The number of aliphatic imine (C=N–C) groups is 1. The third kappa shape index (κ3) is 5.53. The van der Waals surface area contributed by atoms with E-state index in [0.29, 0.717) is 24.8 Å². The Morgan fingerprint density at radius 1 is 1.29 bits per heavy atom. The van der Waals surface area contributed by atoms with Crippen LogP contribution in [0.3, 0.4) is 0 Å². The Kier molecular flexibility index (Phi) is 6.54. The van der Waals surface area contributed by atoms with Gasteiger partial charge in [-0.3, -0.25) is 9.98 Å². The molecule has 1 heterocycles. The van der Waals surface area contributed by atoms with Crippen LogP contribution in [0, 0.1) is 12.7 Å². The van der Waals surface area contributed by atoms with Gasteiger partial charge < -0.3 is 15.4 Å². The lowest BCUT2D eigenvalue weighted by Crippen LogP contribution is -2.41. The first-order valence-electron chi connectivity index (χ1n) is 7.85. The van der Waals surface area contributed by atoms with Crippen LogP contribution in [0.4, 0.5) is 4.39 Å². The monoisotopic (exact) mass is 330 g/mol. The average Bonchev–Trinajstić information content (AvgIpc) is 2.56. The van der Waals surface area contributed by atoms with Crippen LogP contribution < -0.4 is 15.4 Å². The zero-order valence-corrected chi connectivity index (χ0v) is 14.2. The number of nitrogens with zero attached hydrogens (tertiary/aromatic N) is 2. The van der Waals surface area contributed by atoms with E-state index < -0.39 is 0 Å². The minimum absolute atomic E-state index is 0.137. The van der Waals surface area contributed by atoms with Crippen molar-refractivity contribution in [1.82, 2.24) is 15.6 Å². The summed E-state index contributed by atoms with van der Waals surface area (Å²) in [6.07, 6.45) is 1.64. The number of hydrogen-bond acceptors (Lipinski definition) is 3. The van der Waals surface area contributed by atoms with Gasteiger partial charge in [0, 0.05) is 19.3 Å². The Labute approximate surface area is 142 Å². The molecule has 0 saturated heterocycles. The zero-order chi connectivity index (χ0) is 17.4. The van der Waals surface area contributed by atoms with Gasteiger partial charge in [0.2, 0.25) is 0 Å². The van der Waals surface area contributed by atoms with E-state index in [2.05, 4.69) is 20.6 Å². The molecule has 0 aliphatic rings. The number of benzene rings is 1. The second-order valence-electron chi connectivity index (χ2n) is 5.46. The van der Waals surface area contributed by atoms with E-state index >= 15 is 0 Å². The van der Waals surface area contributed by atoms with Crippen LogP contribution in [-0.4, -0.2) is 30.6 Å². The van der Waals surface area contributed by atoms with Crippen molar-refractivity contribution in [3.05, 3.63) is 59.7 Å². The van der Waals surface area contributed by atoms with Crippen molar-refractivity contribution >= 4 is 5.96 Å². The molecule has 0 bridgehead atoms. The van der Waals surface area contributed by atoms with Gasteiger partial charge >= 0.3 is 0 Å². The Bertz CT molecular complexity index is 690. The Hall–Kier alpha value is -2.63. The highest BCUT2D eigenvalue weighted by Gasteiger charge is 2.07. The molecular weight excluding hydrogens is 307 g/mol. The number of rotatable bonds is 6. The van der Waals surface area contributed by atoms with Gasteiger partial charge in [-0.1, -0.05) is 12.1 Å². The molecule has 1 aromatic carbocycles. The Morgan fingerprint density at radius 2 is 2.12 bits per heavy atom. The molecule has 2 rings (SSSR count). The molecular formula is C18H23FN4O. The molecule has 0 amide bonds. The first kappa shape index (κ1) is 17.7. The first-order chi connectivity index (χ1) is 11.6. The third-order valence-corrected chi connectivity index (χ3v) is 3.46. The largest absolute Gasteiger partial charge is 0.489 e. The highest BCUT2D eigenvalue weighted by molar-refractivity contribution is 5.79. The molecule has 0 aliphatic heterocycles. The minimum Gasteiger partial charge on any atom is -0.489 e. The maximum absolute atomic E-state index is 13.1. The zero-order valence-electron chi connectivity index (χ0n) is 14.2. The lowest BCUT2D eigenvalue weighted by Gasteiger charge is -2.18. The maximum Gasteiger partial charge on any atom is 0.191 e. The van der Waals surface area contributed by atoms with Gasteiger partial charge in [0.25, 0.3) is 0 Å². The summed E-state index contributed by atoms with van der Waals surface area (Å²) in [5, 5.41) is 6.40. The summed E-state index contributed by atoms with van der Waals surface area (Å²) in [5.41, 5.74) is 2.10. The summed E-state index contributed by atoms with van der Waals surface area (Å²) < 4.78 is 18.8. The standard InChI is InChI=1S/C18H23FN4O/c1-13-6-5-9-21-17(13)12-23-18(20-3)22-11-14(2)24-16-8-4-7-15(19)10-16/h4-10,14H,11-12H2,1-3H3,(H2,20,22,23). The molecule has 6 heteroatoms. The van der Waals surface area contributed by atoms with E-state index in [1.54, 1.807) is 25.4 Å². The summed E-state index contributed by atoms with van der Waals surface area (Å²) in [6.45, 7) is 5.06. The van der Waals surface area contributed by atoms with Crippen LogP contribution in [0.1, 0.15) is 18.2 Å². The molecule has 0 spiro atoms. The molecule has 1 aromatic heterocycles. The van der Waals surface area contributed by atoms with Crippen molar-refractivity contribution < 1.29 is 9.13 Å². The number of hydrogen-bond donors (Lipinski definition) is 2. The van der Waals surface area contributed by atoms with Crippen molar-refractivity contribution in [2.75, 3.05) is 13.6 Å². The van der Waals surface area contributed by atoms with E-state index in [1.807, 2.05) is 26.0 Å². The molecule has 24 heavy (non-hydrogen) atoms. The van der Waals surface area contributed by atoms with Crippen molar-refractivity contribution in [3.63, 3.8) is 0 Å². The van der Waals surface area contributed by atoms with Crippen LogP contribution in [0.5, 0.6) is 5.75 Å². The van der Waals surface area contributed by atoms with Crippen molar-refractivity contribution in [1.29, 1.82) is 0 Å². The van der Waals surface area contributed by atoms with Gasteiger partial charge in [-0.05, 0) is 37.6 Å². The molecule has 2 aromatic rings. The fourth-order valence-corrected chi connectivity index (χ4v) is 2.15. The summed E-state index contributed by atoms with van der Waals surface area (Å²) in [5.74, 6) is 0.863. The maximum atomic E-state index is 13.1. The summed E-state index contributed by atoms with van der Waals surface area (Å²) in [6, 6.07) is 10.1. The summed E-state index contributed by atoms with van der Waals surface area (Å²) in [4.78, 5) is 8.52. The van der Waals surface area contributed by atoms with Crippen LogP contribution in [0.15, 0.2) is 47.6 Å². The molecule has 0 fully saturated rings. The molecule has 5 nitrogen and oxygen atoms in total. The van der Waals surface area contributed by atoms with Gasteiger partial charge in [-0.15, -0.1) is 0 Å². The van der Waals surface area contributed by atoms with Crippen LogP contribution in [-0.2, 0) is 6.54 Å². The van der Waals surface area contributed by atoms with Crippen LogP contribution in [0.25, 0.3) is 0 Å². The summed E-state index contributed by atoms with van der Waals surface area (Å²) in [7, 11) is 1.71. The molecule has 0 radical (unpaired) electrons. The second-order valence-corrected chi connectivity index (χ2v) is 5.46. The predicted molar refractivity (Wildman–Crippen MR) is 93.7 cm³/mol. The first-order valence-corrected chi connectivity index (χ1v) is 7.85. The van der Waals surface area contributed by atoms with Gasteiger partial charge in [0.15, 0.2) is 5.96 Å². The van der Waals surface area contributed by atoms with Gasteiger partial charge in [0.05, 0.1) is 18.8 Å². The van der Waals surface area contributed by atoms with Gasteiger partial charge in [0.1, 0.15) is 17.7 Å². The van der Waals surface area contributed by atoms with Crippen molar-refractivity contribution in [3.8, 4) is 5.75 Å². The fourth-order valence-electron chi connectivity index (χ4n) is 2.15. The quantitative estimate of drug-likeness (QED) is 0.631. The normalized spacial score (nSPS) is 12.6. The predicted octanol–water partition coefficient (Wildman–Crippen LogP) is 2.66. The lowest BCUT2D eigenvalue weighted by molar-refractivity contribution is 0.223. The van der Waals surface area contributed by atoms with Crippen molar-refractivity contribution in [2.24, 2.45) is 4.99 Å². The summed E-state index contributed by atoms with van der Waals surface area (Å²) >= 11 is 0. The second kappa shape index (κ2) is 8.86.